The van der Waals surface area contributed by atoms with Crippen molar-refractivity contribution in [2.24, 2.45) is 0 Å². The highest BCUT2D eigenvalue weighted by Crippen LogP contribution is 2.38. The maximum absolute atomic E-state index is 12.3. The number of hydrogen-bond donors (Lipinski definition) is 2. The molecular weight excluding hydrogens is 298 g/mol. The van der Waals surface area contributed by atoms with Crippen molar-refractivity contribution in [1.29, 1.82) is 0 Å². The van der Waals surface area contributed by atoms with Gasteiger partial charge in [-0.3, -0.25) is 4.79 Å². The Bertz CT molecular complexity index is 657. The highest BCUT2D eigenvalue weighted by molar-refractivity contribution is 5.95. The van der Waals surface area contributed by atoms with Gasteiger partial charge in [0.05, 0.1) is 21.3 Å². The van der Waals surface area contributed by atoms with Crippen LogP contribution in [0.3, 0.4) is 0 Å². The molecule has 2 aromatic rings. The van der Waals surface area contributed by atoms with Crippen molar-refractivity contribution in [3.63, 3.8) is 0 Å². The van der Waals surface area contributed by atoms with E-state index in [-0.39, 0.29) is 11.7 Å². The van der Waals surface area contributed by atoms with Crippen molar-refractivity contribution in [1.82, 2.24) is 5.32 Å². The third-order valence-electron chi connectivity index (χ3n) is 3.32. The minimum atomic E-state index is -0.266. The Morgan fingerprint density at radius 2 is 1.57 bits per heavy atom. The van der Waals surface area contributed by atoms with E-state index in [1.165, 1.54) is 21.3 Å². The standard InChI is InChI=1S/C17H19NO5/c1-21-14-8-12(9-15(22-2)16(14)23-3)17(20)18-10-11-4-6-13(19)7-5-11/h4-9,19H,10H2,1-3H3,(H,18,20). The van der Waals surface area contributed by atoms with Gasteiger partial charge in [0.15, 0.2) is 11.5 Å². The van der Waals surface area contributed by atoms with E-state index >= 15 is 0 Å². The summed E-state index contributed by atoms with van der Waals surface area (Å²) in [5.74, 6) is 1.19. The molecule has 0 fully saturated rings. The molecule has 0 spiro atoms. The van der Waals surface area contributed by atoms with Gasteiger partial charge in [-0.25, -0.2) is 0 Å². The molecule has 2 rings (SSSR count). The number of aromatic hydroxyl groups is 1. The highest BCUT2D eigenvalue weighted by Gasteiger charge is 2.16. The van der Waals surface area contributed by atoms with Crippen LogP contribution in [0.15, 0.2) is 36.4 Å². The van der Waals surface area contributed by atoms with E-state index in [2.05, 4.69) is 5.32 Å². The topological polar surface area (TPSA) is 77.0 Å². The molecule has 0 atom stereocenters. The molecule has 0 radical (unpaired) electrons. The zero-order chi connectivity index (χ0) is 16.8. The molecule has 0 unspecified atom stereocenters. The van der Waals surface area contributed by atoms with Crippen LogP contribution in [-0.4, -0.2) is 32.3 Å². The highest BCUT2D eigenvalue weighted by atomic mass is 16.5. The first kappa shape index (κ1) is 16.5. The lowest BCUT2D eigenvalue weighted by molar-refractivity contribution is 0.0950. The lowest BCUT2D eigenvalue weighted by Crippen LogP contribution is -2.22. The van der Waals surface area contributed by atoms with Gasteiger partial charge in [0.25, 0.3) is 5.91 Å². The number of hydrogen-bond acceptors (Lipinski definition) is 5. The fourth-order valence-electron chi connectivity index (χ4n) is 2.11. The second-order valence-corrected chi connectivity index (χ2v) is 4.76. The second kappa shape index (κ2) is 7.40. The Labute approximate surface area is 134 Å². The molecule has 122 valence electrons. The van der Waals surface area contributed by atoms with Crippen LogP contribution >= 0.6 is 0 Å². The van der Waals surface area contributed by atoms with Crippen LogP contribution in [0.2, 0.25) is 0 Å². The van der Waals surface area contributed by atoms with Crippen LogP contribution in [0.25, 0.3) is 0 Å². The average molecular weight is 317 g/mol. The third kappa shape index (κ3) is 3.85. The third-order valence-corrected chi connectivity index (χ3v) is 3.32. The predicted molar refractivity (Wildman–Crippen MR) is 85.4 cm³/mol. The number of amides is 1. The summed E-state index contributed by atoms with van der Waals surface area (Å²) in [7, 11) is 4.50. The molecule has 0 bridgehead atoms. The van der Waals surface area contributed by atoms with Gasteiger partial charge in [0.2, 0.25) is 5.75 Å². The monoisotopic (exact) mass is 317 g/mol. The zero-order valence-corrected chi connectivity index (χ0v) is 13.3. The van der Waals surface area contributed by atoms with E-state index in [4.69, 9.17) is 14.2 Å². The Hall–Kier alpha value is -2.89. The Morgan fingerprint density at radius 3 is 2.04 bits per heavy atom. The Kier molecular flexibility index (Phi) is 5.30. The van der Waals surface area contributed by atoms with Crippen LogP contribution in [-0.2, 0) is 6.54 Å². The van der Waals surface area contributed by atoms with Gasteiger partial charge in [-0.05, 0) is 29.8 Å². The van der Waals surface area contributed by atoms with Gasteiger partial charge < -0.3 is 24.6 Å². The number of phenolic OH excluding ortho intramolecular Hbond substituents is 1. The Balaban J connectivity index is 2.16. The summed E-state index contributed by atoms with van der Waals surface area (Å²) in [6.07, 6.45) is 0. The van der Waals surface area contributed by atoms with Crippen LogP contribution in [0.1, 0.15) is 15.9 Å². The fourth-order valence-corrected chi connectivity index (χ4v) is 2.11. The summed E-state index contributed by atoms with van der Waals surface area (Å²) in [6.45, 7) is 0.343. The van der Waals surface area contributed by atoms with Crippen molar-refractivity contribution in [3.8, 4) is 23.0 Å². The number of nitrogens with one attached hydrogen (secondary N) is 1. The maximum atomic E-state index is 12.3. The predicted octanol–water partition coefficient (Wildman–Crippen LogP) is 2.35. The number of carbonyl (C=O) groups excluding carboxylic acids is 1. The van der Waals surface area contributed by atoms with Crippen molar-refractivity contribution < 1.29 is 24.1 Å². The van der Waals surface area contributed by atoms with E-state index < -0.39 is 0 Å². The van der Waals surface area contributed by atoms with Crippen molar-refractivity contribution in [2.75, 3.05) is 21.3 Å². The molecule has 0 heterocycles. The average Bonchev–Trinajstić information content (AvgIpc) is 2.59. The van der Waals surface area contributed by atoms with Gasteiger partial charge in [-0.2, -0.15) is 0 Å². The van der Waals surface area contributed by atoms with E-state index in [0.717, 1.165) is 5.56 Å². The van der Waals surface area contributed by atoms with E-state index in [1.54, 1.807) is 36.4 Å². The largest absolute Gasteiger partial charge is 0.508 e. The van der Waals surface area contributed by atoms with E-state index in [0.29, 0.717) is 29.4 Å². The first-order valence-electron chi connectivity index (χ1n) is 6.95. The minimum Gasteiger partial charge on any atom is -0.508 e. The van der Waals surface area contributed by atoms with Gasteiger partial charge in [0, 0.05) is 12.1 Å². The lowest BCUT2D eigenvalue weighted by Gasteiger charge is -2.14. The summed E-state index contributed by atoms with van der Waals surface area (Å²) in [5.41, 5.74) is 1.28. The van der Waals surface area contributed by atoms with Crippen molar-refractivity contribution in [3.05, 3.63) is 47.5 Å². The number of rotatable bonds is 6. The number of ether oxygens (including phenoxy) is 3. The first-order valence-corrected chi connectivity index (χ1v) is 6.95. The molecule has 0 aliphatic carbocycles. The smallest absolute Gasteiger partial charge is 0.251 e. The molecule has 0 saturated carbocycles. The summed E-state index contributed by atoms with van der Waals surface area (Å²) >= 11 is 0. The zero-order valence-electron chi connectivity index (χ0n) is 13.3. The van der Waals surface area contributed by atoms with Crippen molar-refractivity contribution in [2.45, 2.75) is 6.54 Å². The number of methoxy groups -OCH3 is 3. The molecule has 0 aliphatic heterocycles. The molecule has 0 aliphatic rings. The fraction of sp³-hybridized carbons (Fsp3) is 0.235. The summed E-state index contributed by atoms with van der Waals surface area (Å²) < 4.78 is 15.7. The molecular formula is C17H19NO5. The SMILES string of the molecule is COc1cc(C(=O)NCc2ccc(O)cc2)cc(OC)c1OC. The number of phenols is 1. The molecule has 2 N–H and O–H groups in total. The van der Waals surface area contributed by atoms with Crippen LogP contribution < -0.4 is 19.5 Å². The minimum absolute atomic E-state index is 0.185. The van der Waals surface area contributed by atoms with Gasteiger partial charge in [-0.1, -0.05) is 12.1 Å². The molecule has 23 heavy (non-hydrogen) atoms. The van der Waals surface area contributed by atoms with Gasteiger partial charge in [0.1, 0.15) is 5.75 Å². The maximum Gasteiger partial charge on any atom is 0.251 e. The van der Waals surface area contributed by atoms with Crippen LogP contribution in [0, 0.1) is 0 Å². The molecule has 0 saturated heterocycles. The van der Waals surface area contributed by atoms with Crippen LogP contribution in [0.5, 0.6) is 23.0 Å². The van der Waals surface area contributed by atoms with Crippen molar-refractivity contribution >= 4 is 5.91 Å². The molecule has 0 aromatic heterocycles. The van der Waals surface area contributed by atoms with Gasteiger partial charge in [-0.15, -0.1) is 0 Å². The Morgan fingerprint density at radius 1 is 1.00 bits per heavy atom. The van der Waals surface area contributed by atoms with E-state index in [1.807, 2.05) is 0 Å². The quantitative estimate of drug-likeness (QED) is 0.855. The summed E-state index contributed by atoms with van der Waals surface area (Å²) in [4.78, 5) is 12.3. The molecule has 6 heteroatoms. The lowest BCUT2D eigenvalue weighted by atomic mass is 10.1. The normalized spacial score (nSPS) is 10.0. The first-order chi connectivity index (χ1) is 11.1. The second-order valence-electron chi connectivity index (χ2n) is 4.76. The molecule has 1 amide bonds. The number of carbonyl (C=O) groups is 1. The van der Waals surface area contributed by atoms with Gasteiger partial charge >= 0.3 is 0 Å². The summed E-state index contributed by atoms with van der Waals surface area (Å²) in [5, 5.41) is 12.1. The van der Waals surface area contributed by atoms with Crippen LogP contribution in [0.4, 0.5) is 0 Å². The molecule has 2 aromatic carbocycles. The van der Waals surface area contributed by atoms with E-state index in [9.17, 15) is 9.90 Å². The molecule has 6 nitrogen and oxygen atoms in total. The number of benzene rings is 2. The summed E-state index contributed by atoms with van der Waals surface area (Å²) in [6, 6.07) is 9.80.